The van der Waals surface area contributed by atoms with Gasteiger partial charge in [-0.25, -0.2) is 0 Å². The van der Waals surface area contributed by atoms with E-state index < -0.39 is 107 Å². The summed E-state index contributed by atoms with van der Waals surface area (Å²) in [6, 6.07) is 5.34. The molecule has 2 aliphatic rings. The summed E-state index contributed by atoms with van der Waals surface area (Å²) in [6.45, 7) is 2.66. The zero-order chi connectivity index (χ0) is 31.3. The Hall–Kier alpha value is -3.67. The van der Waals surface area contributed by atoms with Crippen LogP contribution in [0.3, 0.4) is 0 Å². The van der Waals surface area contributed by atoms with E-state index in [-0.39, 0.29) is 16.9 Å². The molecule has 15 nitrogen and oxygen atoms in total. The Balaban J connectivity index is 1.48. The molecule has 3 aromatic rings. The van der Waals surface area contributed by atoms with Gasteiger partial charge in [-0.1, -0.05) is 6.92 Å². The summed E-state index contributed by atoms with van der Waals surface area (Å²) in [6.07, 6.45) is -12.8. The summed E-state index contributed by atoms with van der Waals surface area (Å²) in [5.74, 6) is -3.87. The summed E-state index contributed by atoms with van der Waals surface area (Å²) in [5, 5.41) is 91.9. The number of aliphatic hydroxyl groups is 5. The van der Waals surface area contributed by atoms with Gasteiger partial charge in [0, 0.05) is 23.6 Å². The van der Waals surface area contributed by atoms with Gasteiger partial charge in [0.05, 0.1) is 18.8 Å². The minimum atomic E-state index is -1.92. The monoisotopic (exact) mass is 608 g/mol. The summed E-state index contributed by atoms with van der Waals surface area (Å²) in [4.78, 5) is 13.6. The summed E-state index contributed by atoms with van der Waals surface area (Å²) < 4.78 is 28.5. The number of ether oxygens (including phenoxy) is 4. The number of hydrogen-bond donors (Lipinski definition) is 9. The highest BCUT2D eigenvalue weighted by Crippen LogP contribution is 2.39. The van der Waals surface area contributed by atoms with Crippen molar-refractivity contribution in [1.82, 2.24) is 0 Å². The average Bonchev–Trinajstić information content (AvgIpc) is 2.96. The van der Waals surface area contributed by atoms with Crippen LogP contribution < -0.4 is 10.2 Å². The molecule has 0 spiro atoms. The lowest BCUT2D eigenvalue weighted by Crippen LogP contribution is -2.61. The molecule has 0 saturated carbocycles. The molecule has 5 rings (SSSR count). The second-order valence-electron chi connectivity index (χ2n) is 10.6. The van der Waals surface area contributed by atoms with E-state index in [1.807, 2.05) is 0 Å². The third kappa shape index (κ3) is 5.69. The zero-order valence-electron chi connectivity index (χ0n) is 22.8. The number of rotatable bonds is 6. The summed E-state index contributed by atoms with van der Waals surface area (Å²) in [5.41, 5.74) is -1.26. The molecule has 9 N–H and O–H groups in total. The Morgan fingerprint density at radius 2 is 1.49 bits per heavy atom. The van der Waals surface area contributed by atoms with Crippen LogP contribution in [0.1, 0.15) is 13.8 Å². The van der Waals surface area contributed by atoms with Crippen molar-refractivity contribution >= 4 is 11.0 Å². The van der Waals surface area contributed by atoms with E-state index in [0.717, 1.165) is 24.3 Å². The standard InChI is InChI=1S/C28H32O15/c1-9-19(33)20(34)10(2)40-27(9)39-8-17-21(35)23(37)24(38)28(42-17)43-26-22(36)18-15(32)6-12(29)7-16(18)41-25(26)11-3-4-13(30)14(31)5-11/h3-7,9-10,17,19-21,23-24,27-35,37-38H,8H2,1-2H3/t9?,10?,17?,19-,20+,21-,23?,24?,27-,28+/m1/s1. The van der Waals surface area contributed by atoms with E-state index >= 15 is 0 Å². The van der Waals surface area contributed by atoms with Crippen LogP contribution in [0.4, 0.5) is 0 Å². The molecular formula is C28H32O15. The Morgan fingerprint density at radius 3 is 2.19 bits per heavy atom. The van der Waals surface area contributed by atoms with E-state index in [2.05, 4.69) is 0 Å². The van der Waals surface area contributed by atoms with Gasteiger partial charge in [-0.05, 0) is 25.1 Å². The van der Waals surface area contributed by atoms with Gasteiger partial charge in [-0.3, -0.25) is 4.79 Å². The molecule has 1 aromatic heterocycles. The van der Waals surface area contributed by atoms with Gasteiger partial charge in [0.15, 0.2) is 23.5 Å². The van der Waals surface area contributed by atoms with Crippen LogP contribution in [-0.4, -0.2) is 108 Å². The lowest BCUT2D eigenvalue weighted by molar-refractivity contribution is -0.309. The number of aliphatic hydroxyl groups excluding tert-OH is 5. The molecule has 2 aliphatic heterocycles. The first-order chi connectivity index (χ1) is 20.3. The highest BCUT2D eigenvalue weighted by atomic mass is 16.7. The number of hydrogen-bond acceptors (Lipinski definition) is 15. The largest absolute Gasteiger partial charge is 0.508 e. The van der Waals surface area contributed by atoms with Crippen LogP contribution in [0.2, 0.25) is 0 Å². The number of phenols is 4. The van der Waals surface area contributed by atoms with Gasteiger partial charge in [-0.2, -0.15) is 0 Å². The van der Waals surface area contributed by atoms with Gasteiger partial charge in [-0.15, -0.1) is 0 Å². The first kappa shape index (κ1) is 30.8. The Bertz CT molecular complexity index is 1540. The first-order valence-electron chi connectivity index (χ1n) is 13.3. The maximum Gasteiger partial charge on any atom is 0.239 e. The average molecular weight is 609 g/mol. The van der Waals surface area contributed by atoms with Crippen LogP contribution in [0.15, 0.2) is 39.5 Å². The molecule has 2 fully saturated rings. The van der Waals surface area contributed by atoms with E-state index in [1.54, 1.807) is 6.92 Å². The van der Waals surface area contributed by atoms with Gasteiger partial charge >= 0.3 is 0 Å². The quantitative estimate of drug-likeness (QED) is 0.161. The van der Waals surface area contributed by atoms with Crippen LogP contribution in [-0.2, 0) is 14.2 Å². The maximum absolute atomic E-state index is 13.6. The van der Waals surface area contributed by atoms with Gasteiger partial charge in [0.1, 0.15) is 53.0 Å². The third-order valence-corrected chi connectivity index (χ3v) is 7.63. The molecule has 10 atom stereocenters. The van der Waals surface area contributed by atoms with Crippen molar-refractivity contribution in [2.24, 2.45) is 5.92 Å². The molecule has 15 heteroatoms. The Labute approximate surface area is 242 Å². The zero-order valence-corrected chi connectivity index (χ0v) is 22.8. The molecular weight excluding hydrogens is 576 g/mol. The topological polar surface area (TPSA) is 249 Å². The Kier molecular flexibility index (Phi) is 8.43. The smallest absolute Gasteiger partial charge is 0.239 e. The Morgan fingerprint density at radius 1 is 0.767 bits per heavy atom. The molecule has 0 aliphatic carbocycles. The van der Waals surface area contributed by atoms with Crippen LogP contribution in [0.25, 0.3) is 22.3 Å². The predicted octanol–water partition coefficient (Wildman–Crippen LogP) is -0.412. The lowest BCUT2D eigenvalue weighted by Gasteiger charge is -2.42. The third-order valence-electron chi connectivity index (χ3n) is 7.63. The van der Waals surface area contributed by atoms with Crippen LogP contribution in [0, 0.1) is 5.92 Å². The number of fused-ring (bicyclic) bond motifs is 1. The second-order valence-corrected chi connectivity index (χ2v) is 10.6. The van der Waals surface area contributed by atoms with E-state index in [0.29, 0.717) is 0 Å². The van der Waals surface area contributed by atoms with Crippen molar-refractivity contribution in [3.8, 4) is 40.1 Å². The molecule has 43 heavy (non-hydrogen) atoms. The van der Waals surface area contributed by atoms with Crippen molar-refractivity contribution in [2.75, 3.05) is 6.61 Å². The number of benzene rings is 2. The van der Waals surface area contributed by atoms with Gasteiger partial charge < -0.3 is 69.3 Å². The number of phenolic OH excluding ortho intramolecular Hbond substituents is 4. The highest BCUT2D eigenvalue weighted by Gasteiger charge is 2.47. The number of aromatic hydroxyl groups is 4. The van der Waals surface area contributed by atoms with Crippen molar-refractivity contribution < 1.29 is 69.3 Å². The SMILES string of the molecule is CC1[C@H](OCC2O[C@@H](Oc3c(-c4ccc(O)c(O)c4)oc4cc(O)cc(O)c4c3=O)C(O)C(O)[C@@H]2O)OC(C)[C@H](O)[C@@H]1O. The summed E-state index contributed by atoms with van der Waals surface area (Å²) >= 11 is 0. The first-order valence-corrected chi connectivity index (χ1v) is 13.3. The predicted molar refractivity (Wildman–Crippen MR) is 143 cm³/mol. The highest BCUT2D eigenvalue weighted by molar-refractivity contribution is 5.88. The molecule has 2 aromatic carbocycles. The van der Waals surface area contributed by atoms with Gasteiger partial charge in [0.25, 0.3) is 0 Å². The normalized spacial score (nSPS) is 33.0. The lowest BCUT2D eigenvalue weighted by atomic mass is 9.93. The van der Waals surface area contributed by atoms with E-state index in [4.69, 9.17) is 23.4 Å². The fourth-order valence-corrected chi connectivity index (χ4v) is 5.04. The van der Waals surface area contributed by atoms with Gasteiger partial charge in [0.2, 0.25) is 17.5 Å². The minimum Gasteiger partial charge on any atom is -0.508 e. The van der Waals surface area contributed by atoms with Crippen LogP contribution >= 0.6 is 0 Å². The molecule has 2 saturated heterocycles. The molecule has 234 valence electrons. The van der Waals surface area contributed by atoms with E-state index in [9.17, 15) is 50.8 Å². The van der Waals surface area contributed by atoms with Crippen molar-refractivity contribution in [1.29, 1.82) is 0 Å². The maximum atomic E-state index is 13.6. The molecule has 0 amide bonds. The van der Waals surface area contributed by atoms with Crippen LogP contribution in [0.5, 0.6) is 28.7 Å². The minimum absolute atomic E-state index is 0.00352. The van der Waals surface area contributed by atoms with Crippen molar-refractivity contribution in [2.45, 2.75) is 69.2 Å². The molecule has 3 heterocycles. The molecule has 0 bridgehead atoms. The fourth-order valence-electron chi connectivity index (χ4n) is 5.04. The second kappa shape index (κ2) is 11.8. The summed E-state index contributed by atoms with van der Waals surface area (Å²) in [7, 11) is 0. The van der Waals surface area contributed by atoms with Crippen molar-refractivity contribution in [3.63, 3.8) is 0 Å². The van der Waals surface area contributed by atoms with Crippen molar-refractivity contribution in [3.05, 3.63) is 40.6 Å². The van der Waals surface area contributed by atoms with E-state index in [1.165, 1.54) is 13.0 Å². The molecule has 0 radical (unpaired) electrons. The fraction of sp³-hybridized carbons (Fsp3) is 0.464. The molecule has 5 unspecified atom stereocenters.